The zero-order valence-corrected chi connectivity index (χ0v) is 43.3. The Hall–Kier alpha value is -9.46. The highest BCUT2D eigenvalue weighted by molar-refractivity contribution is 6.13. The molecular formula is C66H34F18N2. The van der Waals surface area contributed by atoms with E-state index in [1.165, 1.54) is 121 Å². The summed E-state index contributed by atoms with van der Waals surface area (Å²) >= 11 is 0. The van der Waals surface area contributed by atoms with Crippen LogP contribution in [0.5, 0.6) is 0 Å². The first-order valence-corrected chi connectivity index (χ1v) is 25.7. The molecule has 0 saturated carbocycles. The van der Waals surface area contributed by atoms with E-state index in [0.717, 1.165) is 81.9 Å². The minimum Gasteiger partial charge on any atom is -0.309 e. The van der Waals surface area contributed by atoms with Crippen LogP contribution in [0.1, 0.15) is 33.4 Å². The molecular weight excluding hydrogens is 1160 g/mol. The number of rotatable bonds is 7. The van der Waals surface area contributed by atoms with Crippen molar-refractivity contribution in [3.63, 3.8) is 0 Å². The molecule has 0 aliphatic heterocycles. The molecule has 20 heteroatoms. The van der Waals surface area contributed by atoms with Crippen molar-refractivity contribution in [2.24, 2.45) is 0 Å². The Bertz CT molecular complexity index is 4150. The monoisotopic (exact) mass is 1200 g/mol. The number of halogens is 18. The summed E-state index contributed by atoms with van der Waals surface area (Å²) in [4.78, 5) is 0. The fourth-order valence-electron chi connectivity index (χ4n) is 11.4. The molecule has 2 aromatic heterocycles. The van der Waals surface area contributed by atoms with Gasteiger partial charge in [-0.15, -0.1) is 0 Å². The van der Waals surface area contributed by atoms with Crippen LogP contribution in [0.2, 0.25) is 0 Å². The molecule has 0 unspecified atom stereocenters. The predicted octanol–water partition coefficient (Wildman–Crippen LogP) is 22.3. The van der Waals surface area contributed by atoms with Gasteiger partial charge in [0.25, 0.3) is 0 Å². The van der Waals surface area contributed by atoms with Crippen LogP contribution < -0.4 is 0 Å². The Morgan fingerprint density at radius 1 is 0.198 bits per heavy atom. The minimum atomic E-state index is -5.19. The van der Waals surface area contributed by atoms with Gasteiger partial charge in [0.15, 0.2) is 0 Å². The average Bonchev–Trinajstić information content (AvgIpc) is 1.62. The van der Waals surface area contributed by atoms with Gasteiger partial charge in [0.1, 0.15) is 0 Å². The van der Waals surface area contributed by atoms with Gasteiger partial charge >= 0.3 is 37.1 Å². The number of nitrogens with zero attached hydrogens (tertiary/aromatic N) is 2. The van der Waals surface area contributed by atoms with Gasteiger partial charge in [-0.2, -0.15) is 79.0 Å². The average molecular weight is 1200 g/mol. The van der Waals surface area contributed by atoms with E-state index in [4.69, 9.17) is 0 Å². The second-order valence-corrected chi connectivity index (χ2v) is 20.2. The molecule has 2 heterocycles. The van der Waals surface area contributed by atoms with Crippen molar-refractivity contribution in [1.29, 1.82) is 0 Å². The Labute approximate surface area is 474 Å². The number of hydrogen-bond acceptors (Lipinski definition) is 0. The van der Waals surface area contributed by atoms with Gasteiger partial charge in [-0.1, -0.05) is 109 Å². The zero-order valence-electron chi connectivity index (χ0n) is 43.3. The van der Waals surface area contributed by atoms with Crippen LogP contribution in [-0.2, 0) is 37.1 Å². The van der Waals surface area contributed by atoms with E-state index in [2.05, 4.69) is 0 Å². The van der Waals surface area contributed by atoms with Crippen molar-refractivity contribution in [3.8, 4) is 67.0 Å². The maximum atomic E-state index is 15.6. The van der Waals surface area contributed by atoms with Crippen LogP contribution in [-0.4, -0.2) is 9.13 Å². The molecule has 86 heavy (non-hydrogen) atoms. The molecule has 0 spiro atoms. The highest BCUT2D eigenvalue weighted by atomic mass is 19.4. The second kappa shape index (κ2) is 20.1. The number of aromatic nitrogens is 2. The normalized spacial score (nSPS) is 13.0. The number of benzene rings is 10. The second-order valence-electron chi connectivity index (χ2n) is 20.2. The van der Waals surface area contributed by atoms with Gasteiger partial charge in [0.2, 0.25) is 0 Å². The molecule has 0 aliphatic carbocycles. The van der Waals surface area contributed by atoms with E-state index in [1.54, 1.807) is 0 Å². The van der Waals surface area contributed by atoms with Crippen molar-refractivity contribution in [1.82, 2.24) is 9.13 Å². The summed E-state index contributed by atoms with van der Waals surface area (Å²) in [7, 11) is 0. The number of fused-ring (bicyclic) bond motifs is 6. The lowest BCUT2D eigenvalue weighted by atomic mass is 9.96. The molecule has 0 radical (unpaired) electrons. The molecule has 0 amide bonds. The standard InChI is InChI=1S/C66H34F18N2/c67-61(68,69)49-13-5-1-9-41(49)37-19-25-55-45(29-37)46-30-38(42-10-2-6-14-50(42)62(70,71)72)20-26-56(46)85(55)59-33-35(17-23-53(59)65(79,80)81)36-18-24-54(66(82,83)84)60(34-36)86-57-27-21-39(43-11-3-7-15-51(43)63(73,74)75)31-47(57)48-32-40(22-28-58(48)86)44-12-4-8-16-52(44)64(76,77)78/h1-34H. The molecule has 0 saturated heterocycles. The van der Waals surface area contributed by atoms with E-state index in [1.807, 2.05) is 0 Å². The Morgan fingerprint density at radius 3 is 0.628 bits per heavy atom. The summed E-state index contributed by atoms with van der Waals surface area (Å²) in [6, 6.07) is 38.1. The number of alkyl halides is 18. The topological polar surface area (TPSA) is 9.86 Å². The van der Waals surface area contributed by atoms with Crippen LogP contribution in [0.3, 0.4) is 0 Å². The quantitative estimate of drug-likeness (QED) is 0.141. The molecule has 10 aromatic carbocycles. The molecule has 0 bridgehead atoms. The maximum absolute atomic E-state index is 15.6. The molecule has 434 valence electrons. The highest BCUT2D eigenvalue weighted by Gasteiger charge is 2.40. The molecule has 12 aromatic rings. The fraction of sp³-hybridized carbons (Fsp3) is 0.0909. The van der Waals surface area contributed by atoms with Crippen molar-refractivity contribution in [3.05, 3.63) is 240 Å². The van der Waals surface area contributed by atoms with Gasteiger partial charge < -0.3 is 9.13 Å². The number of hydrogen-bond donors (Lipinski definition) is 0. The van der Waals surface area contributed by atoms with E-state index in [0.29, 0.717) is 12.1 Å². The van der Waals surface area contributed by atoms with Crippen LogP contribution in [0.15, 0.2) is 206 Å². The SMILES string of the molecule is FC(F)(F)c1ccccc1-c1ccc2c(c1)c1cc(-c3ccccc3C(F)(F)F)ccc1n2-c1cc(-c2ccc(C(F)(F)F)c(-n3c4ccc(-c5ccccc5C(F)(F)F)cc4c4cc(-c5ccccc5C(F)(F)F)ccc43)c2)ccc1C(F)(F)F. The van der Waals surface area contributed by atoms with Gasteiger partial charge in [-0.05, 0) is 153 Å². The first kappa shape index (κ1) is 57.0. The largest absolute Gasteiger partial charge is 0.418 e. The summed E-state index contributed by atoms with van der Waals surface area (Å²) in [6.45, 7) is 0. The van der Waals surface area contributed by atoms with Crippen molar-refractivity contribution < 1.29 is 79.0 Å². The third-order valence-corrected chi connectivity index (χ3v) is 15.1. The summed E-state index contributed by atoms with van der Waals surface area (Å²) < 4.78 is 269. The smallest absolute Gasteiger partial charge is 0.309 e. The van der Waals surface area contributed by atoms with Gasteiger partial charge in [0, 0.05) is 21.5 Å². The van der Waals surface area contributed by atoms with E-state index >= 15 is 26.3 Å². The summed E-state index contributed by atoms with van der Waals surface area (Å²) in [5.41, 5.74) is -10.5. The van der Waals surface area contributed by atoms with Crippen molar-refractivity contribution in [2.75, 3.05) is 0 Å². The van der Waals surface area contributed by atoms with Gasteiger partial charge in [0.05, 0.1) is 66.8 Å². The fourth-order valence-corrected chi connectivity index (χ4v) is 11.4. The Balaban J connectivity index is 1.11. The van der Waals surface area contributed by atoms with Gasteiger partial charge in [-0.3, -0.25) is 0 Å². The van der Waals surface area contributed by atoms with E-state index < -0.39 is 81.8 Å². The Kier molecular flexibility index (Phi) is 13.3. The molecule has 12 rings (SSSR count). The minimum absolute atomic E-state index is 0.00220. The summed E-state index contributed by atoms with van der Waals surface area (Å²) in [6.07, 6.45) is -29.9. The van der Waals surface area contributed by atoms with Crippen molar-refractivity contribution >= 4 is 43.6 Å². The molecule has 0 fully saturated rings. The third-order valence-electron chi connectivity index (χ3n) is 15.1. The summed E-state index contributed by atoms with van der Waals surface area (Å²) in [5, 5.41) is -0.00878. The maximum Gasteiger partial charge on any atom is 0.418 e. The van der Waals surface area contributed by atoms with Crippen LogP contribution in [0.4, 0.5) is 79.0 Å². The summed E-state index contributed by atoms with van der Waals surface area (Å²) in [5.74, 6) is 0. The molecule has 0 atom stereocenters. The highest BCUT2D eigenvalue weighted by Crippen LogP contribution is 2.49. The third kappa shape index (κ3) is 10.0. The molecule has 0 aliphatic rings. The van der Waals surface area contributed by atoms with Crippen LogP contribution >= 0.6 is 0 Å². The Morgan fingerprint density at radius 2 is 0.407 bits per heavy atom. The lowest BCUT2D eigenvalue weighted by Gasteiger charge is -2.20. The first-order valence-electron chi connectivity index (χ1n) is 25.7. The van der Waals surface area contributed by atoms with E-state index in [9.17, 15) is 52.7 Å². The lowest BCUT2D eigenvalue weighted by molar-refractivity contribution is -0.138. The van der Waals surface area contributed by atoms with Crippen LogP contribution in [0.25, 0.3) is 111 Å². The predicted molar refractivity (Wildman–Crippen MR) is 292 cm³/mol. The lowest BCUT2D eigenvalue weighted by Crippen LogP contribution is -2.12. The van der Waals surface area contributed by atoms with Gasteiger partial charge in [-0.25, -0.2) is 0 Å². The first-order chi connectivity index (χ1) is 40.5. The molecule has 0 N–H and O–H groups in total. The van der Waals surface area contributed by atoms with E-state index in [-0.39, 0.29) is 99.2 Å². The van der Waals surface area contributed by atoms with Crippen LogP contribution in [0, 0.1) is 0 Å². The van der Waals surface area contributed by atoms with Crippen molar-refractivity contribution in [2.45, 2.75) is 37.1 Å². The molecule has 2 nitrogen and oxygen atoms in total. The zero-order chi connectivity index (χ0) is 61.2.